The predicted molar refractivity (Wildman–Crippen MR) is 227 cm³/mol. The van der Waals surface area contributed by atoms with Crippen molar-refractivity contribution in [2.24, 2.45) is 0 Å². The lowest BCUT2D eigenvalue weighted by molar-refractivity contribution is 0.669. The van der Waals surface area contributed by atoms with E-state index in [0.717, 1.165) is 60.9 Å². The van der Waals surface area contributed by atoms with Crippen molar-refractivity contribution >= 4 is 124 Å². The normalized spacial score (nSPS) is 12.2. The van der Waals surface area contributed by atoms with E-state index in [9.17, 15) is 0 Å². The van der Waals surface area contributed by atoms with Gasteiger partial charge in [0.25, 0.3) is 0 Å². The lowest BCUT2D eigenvalue weighted by atomic mass is 9.98. The quantitative estimate of drug-likeness (QED) is 0.182. The SMILES string of the molecule is c1ccc2c(c1)oc1cc(N(c3ccc(-c4cccc5sc6ccc7c8ccccc8sc7c6c45)cc3)c3cccc4oc5ccccc5c34)ccc12. The van der Waals surface area contributed by atoms with Crippen LogP contribution in [-0.2, 0) is 0 Å². The number of hydrogen-bond donors (Lipinski definition) is 0. The summed E-state index contributed by atoms with van der Waals surface area (Å²) in [6.07, 6.45) is 0. The van der Waals surface area contributed by atoms with Gasteiger partial charge in [0.1, 0.15) is 22.3 Å². The Balaban J connectivity index is 1.07. The number of furan rings is 2. The topological polar surface area (TPSA) is 29.5 Å². The average molecular weight is 714 g/mol. The summed E-state index contributed by atoms with van der Waals surface area (Å²) in [6.45, 7) is 0. The maximum Gasteiger partial charge on any atom is 0.137 e. The Morgan fingerprint density at radius 3 is 1.91 bits per heavy atom. The van der Waals surface area contributed by atoms with E-state index >= 15 is 0 Å². The maximum atomic E-state index is 6.41. The molecule has 0 aliphatic rings. The minimum Gasteiger partial charge on any atom is -0.456 e. The molecule has 0 saturated heterocycles. The van der Waals surface area contributed by atoms with Crippen molar-refractivity contribution in [2.45, 2.75) is 0 Å². The van der Waals surface area contributed by atoms with E-state index in [4.69, 9.17) is 8.83 Å². The summed E-state index contributed by atoms with van der Waals surface area (Å²) in [4.78, 5) is 2.34. The summed E-state index contributed by atoms with van der Waals surface area (Å²) in [6, 6.07) is 58.6. The second-order valence-corrected chi connectivity index (χ2v) is 15.7. The number of hydrogen-bond acceptors (Lipinski definition) is 5. The Morgan fingerprint density at radius 1 is 0.377 bits per heavy atom. The molecule has 8 aromatic carbocycles. The largest absolute Gasteiger partial charge is 0.456 e. The summed E-state index contributed by atoms with van der Waals surface area (Å²) in [5, 5.41) is 9.76. The Morgan fingerprint density at radius 2 is 1.02 bits per heavy atom. The molecule has 0 atom stereocenters. The smallest absolute Gasteiger partial charge is 0.137 e. The molecule has 5 heteroatoms. The van der Waals surface area contributed by atoms with Gasteiger partial charge in [-0.15, -0.1) is 22.7 Å². The highest BCUT2D eigenvalue weighted by Crippen LogP contribution is 2.48. The number of thiophene rings is 2. The van der Waals surface area contributed by atoms with Crippen LogP contribution in [0.2, 0.25) is 0 Å². The molecule has 0 radical (unpaired) electrons. The molecular weight excluding hydrogens is 687 g/mol. The first kappa shape index (κ1) is 29.2. The highest BCUT2D eigenvalue weighted by molar-refractivity contribution is 7.29. The molecule has 0 aliphatic heterocycles. The highest BCUT2D eigenvalue weighted by Gasteiger charge is 2.22. The van der Waals surface area contributed by atoms with Crippen molar-refractivity contribution in [3.63, 3.8) is 0 Å². The molecule has 3 nitrogen and oxygen atoms in total. The van der Waals surface area contributed by atoms with Crippen LogP contribution >= 0.6 is 22.7 Å². The van der Waals surface area contributed by atoms with Gasteiger partial charge in [-0.3, -0.25) is 0 Å². The van der Waals surface area contributed by atoms with Crippen molar-refractivity contribution in [1.29, 1.82) is 0 Å². The number of para-hydroxylation sites is 2. The van der Waals surface area contributed by atoms with Gasteiger partial charge in [-0.05, 0) is 77.9 Å². The molecule has 248 valence electrons. The van der Waals surface area contributed by atoms with Crippen molar-refractivity contribution in [3.8, 4) is 11.1 Å². The van der Waals surface area contributed by atoms with Gasteiger partial charge in [0.15, 0.2) is 0 Å². The van der Waals surface area contributed by atoms with E-state index in [1.807, 2.05) is 46.9 Å². The Hall–Kier alpha value is -6.40. The van der Waals surface area contributed by atoms with Crippen molar-refractivity contribution in [2.75, 3.05) is 4.90 Å². The molecule has 12 aromatic rings. The standard InChI is InChI=1S/C48H27NO2S2/c1-4-14-38-32(9-1)33-24-23-30(27-41(33)51-38)49(37-13-8-16-40-45(37)36-11-2-5-15-39(36)50-40)29-21-19-28(20-22-29)31-12-7-18-43-46(31)47-44(52-43)26-25-35-34-10-3-6-17-42(34)53-48(35)47/h1-27H. The number of nitrogens with zero attached hydrogens (tertiary/aromatic N) is 1. The van der Waals surface area contributed by atoms with Crippen LogP contribution in [0.25, 0.3) is 95.3 Å². The van der Waals surface area contributed by atoms with Crippen molar-refractivity contribution in [1.82, 2.24) is 0 Å². The second-order valence-electron chi connectivity index (χ2n) is 13.6. The van der Waals surface area contributed by atoms with Gasteiger partial charge in [0.2, 0.25) is 0 Å². The predicted octanol–water partition coefficient (Wildman–Crippen LogP) is 15.4. The van der Waals surface area contributed by atoms with Crippen LogP contribution in [0.1, 0.15) is 0 Å². The molecule has 53 heavy (non-hydrogen) atoms. The molecule has 0 unspecified atom stereocenters. The maximum absolute atomic E-state index is 6.41. The summed E-state index contributed by atoms with van der Waals surface area (Å²) in [5.74, 6) is 0. The molecule has 0 aliphatic carbocycles. The summed E-state index contributed by atoms with van der Waals surface area (Å²) >= 11 is 3.79. The van der Waals surface area contributed by atoms with E-state index in [1.54, 1.807) is 0 Å². The molecule has 0 spiro atoms. The monoisotopic (exact) mass is 713 g/mol. The van der Waals surface area contributed by atoms with Gasteiger partial charge in [0, 0.05) is 73.9 Å². The van der Waals surface area contributed by atoms with Gasteiger partial charge < -0.3 is 13.7 Å². The number of fused-ring (bicyclic) bond motifs is 13. The van der Waals surface area contributed by atoms with E-state index in [1.165, 1.54) is 51.5 Å². The van der Waals surface area contributed by atoms with Crippen molar-refractivity contribution < 1.29 is 8.83 Å². The van der Waals surface area contributed by atoms with Gasteiger partial charge in [-0.1, -0.05) is 91.0 Å². The fourth-order valence-electron chi connectivity index (χ4n) is 8.34. The zero-order valence-electron chi connectivity index (χ0n) is 28.2. The fourth-order valence-corrected chi connectivity index (χ4v) is 10.8. The Bertz CT molecular complexity index is 3420. The first-order valence-electron chi connectivity index (χ1n) is 17.7. The highest BCUT2D eigenvalue weighted by atomic mass is 32.1. The molecule has 0 bridgehead atoms. The first-order valence-corrected chi connectivity index (χ1v) is 19.4. The third-order valence-electron chi connectivity index (χ3n) is 10.7. The third kappa shape index (κ3) is 4.26. The molecule has 0 amide bonds. The molecule has 4 aromatic heterocycles. The van der Waals surface area contributed by atoms with Crippen LogP contribution in [0, 0.1) is 0 Å². The average Bonchev–Trinajstić information content (AvgIpc) is 3.98. The summed E-state index contributed by atoms with van der Waals surface area (Å²) in [7, 11) is 0. The van der Waals surface area contributed by atoms with E-state index in [-0.39, 0.29) is 0 Å². The Kier molecular flexibility index (Phi) is 6.09. The van der Waals surface area contributed by atoms with E-state index < -0.39 is 0 Å². The van der Waals surface area contributed by atoms with E-state index in [0.29, 0.717) is 0 Å². The number of anilines is 3. The van der Waals surface area contributed by atoms with Crippen molar-refractivity contribution in [3.05, 3.63) is 164 Å². The molecule has 4 heterocycles. The molecule has 0 N–H and O–H groups in total. The number of rotatable bonds is 4. The van der Waals surface area contributed by atoms with Crippen LogP contribution in [-0.4, -0.2) is 0 Å². The fraction of sp³-hybridized carbons (Fsp3) is 0. The minimum atomic E-state index is 0.859. The van der Waals surface area contributed by atoms with Crippen LogP contribution in [0.15, 0.2) is 173 Å². The molecular formula is C48H27NO2S2. The van der Waals surface area contributed by atoms with Gasteiger partial charge in [-0.2, -0.15) is 0 Å². The van der Waals surface area contributed by atoms with Gasteiger partial charge in [-0.25, -0.2) is 0 Å². The van der Waals surface area contributed by atoms with E-state index in [2.05, 4.69) is 144 Å². The first-order chi connectivity index (χ1) is 26.3. The van der Waals surface area contributed by atoms with Gasteiger partial charge in [0.05, 0.1) is 11.1 Å². The third-order valence-corrected chi connectivity index (χ3v) is 13.0. The van der Waals surface area contributed by atoms with Crippen LogP contribution in [0.3, 0.4) is 0 Å². The zero-order valence-corrected chi connectivity index (χ0v) is 29.8. The Labute approximate surface area is 311 Å². The zero-order chi connectivity index (χ0) is 34.6. The lowest BCUT2D eigenvalue weighted by Crippen LogP contribution is -2.10. The number of benzene rings is 8. The molecule has 0 saturated carbocycles. The van der Waals surface area contributed by atoms with Crippen LogP contribution in [0.4, 0.5) is 17.1 Å². The summed E-state index contributed by atoms with van der Waals surface area (Å²) < 4.78 is 18.1. The lowest BCUT2D eigenvalue weighted by Gasteiger charge is -2.26. The molecule has 0 fully saturated rings. The summed E-state index contributed by atoms with van der Waals surface area (Å²) in [5.41, 5.74) is 9.05. The molecule has 12 rings (SSSR count). The second kappa shape index (κ2) is 11.1. The van der Waals surface area contributed by atoms with Gasteiger partial charge >= 0.3 is 0 Å². The van der Waals surface area contributed by atoms with Crippen LogP contribution in [0.5, 0.6) is 0 Å². The minimum absolute atomic E-state index is 0.859. The van der Waals surface area contributed by atoms with Crippen LogP contribution < -0.4 is 4.90 Å².